The molecule has 3 aliphatic carbocycles. The van der Waals surface area contributed by atoms with Crippen molar-refractivity contribution in [3.63, 3.8) is 0 Å². The number of fused-ring (bicyclic) bond motifs is 2. The zero-order valence-electron chi connectivity index (χ0n) is 29.4. The Labute approximate surface area is 309 Å². The number of hydrogen-bond acceptors (Lipinski definition) is 15. The molecule has 1 amide bonds. The molecule has 0 radical (unpaired) electrons. The highest BCUT2D eigenvalue weighted by atomic mass is 16.7. The van der Waals surface area contributed by atoms with Crippen molar-refractivity contribution in [2.24, 2.45) is 10.8 Å². The number of aromatic nitrogens is 1. The van der Waals surface area contributed by atoms with Crippen molar-refractivity contribution in [2.75, 3.05) is 13.7 Å². The summed E-state index contributed by atoms with van der Waals surface area (Å²) in [5.41, 5.74) is 2.79. The number of carbonyl (C=O) groups excluding carboxylic acids is 2. The molecule has 17 heteroatoms. The minimum atomic E-state index is -2.39. The summed E-state index contributed by atoms with van der Waals surface area (Å²) >= 11 is 0. The maximum atomic E-state index is 14.8. The molecule has 2 aromatic carbocycles. The average Bonchev–Trinajstić information content (AvgIpc) is 3.51. The van der Waals surface area contributed by atoms with E-state index in [0.717, 1.165) is 4.57 Å². The molecule has 7 rings (SSSR count). The molecule has 17 nitrogen and oxygen atoms in total. The highest BCUT2D eigenvalue weighted by Gasteiger charge is 2.47. The Balaban J connectivity index is 1.47. The lowest BCUT2D eigenvalue weighted by Gasteiger charge is -2.41. The van der Waals surface area contributed by atoms with Crippen molar-refractivity contribution in [1.82, 2.24) is 9.99 Å². The maximum Gasteiger partial charge on any atom is 0.271 e. The second kappa shape index (κ2) is 14.1. The van der Waals surface area contributed by atoms with Crippen LogP contribution in [0.1, 0.15) is 47.4 Å². The number of ketones is 1. The molecule has 286 valence electrons. The molecular weight excluding hydrogens is 720 g/mol. The first-order valence-corrected chi connectivity index (χ1v) is 17.2. The van der Waals surface area contributed by atoms with Crippen molar-refractivity contribution in [2.45, 2.75) is 62.4 Å². The number of aliphatic hydroxyl groups excluding tert-OH is 2. The Hall–Kier alpha value is -5.82. The van der Waals surface area contributed by atoms with Crippen LogP contribution in [0.2, 0.25) is 0 Å². The molecule has 1 fully saturated rings. The molecule has 1 aliphatic heterocycles. The van der Waals surface area contributed by atoms with Crippen LogP contribution in [0, 0.1) is 10.4 Å². The molecule has 0 spiro atoms. The first kappa shape index (κ1) is 37.5. The van der Waals surface area contributed by atoms with Gasteiger partial charge < -0.3 is 45.5 Å². The van der Waals surface area contributed by atoms with E-state index in [1.165, 1.54) is 61.7 Å². The summed E-state index contributed by atoms with van der Waals surface area (Å²) in [5.74, 6) is -2.40. The van der Waals surface area contributed by atoms with Crippen LogP contribution in [0.5, 0.6) is 17.5 Å². The summed E-state index contributed by atoms with van der Waals surface area (Å²) in [7, 11) is 1.31. The fourth-order valence-electron chi connectivity index (χ4n) is 7.48. The Morgan fingerprint density at radius 2 is 1.75 bits per heavy atom. The zero-order valence-corrected chi connectivity index (χ0v) is 29.4. The standard InChI is InChI=1S/C38H36N4O13/c1-16-33(47)21(39)12-27(54-16)55-23-14-38(52,24(44)15-43)13-20-29(23)36(50)30-31(35(20)49)34(48)19-7-4-8-22(53-2)28(19)32(30)40-41-37(51)17-5-3-6-18(11-17)42-25(45)9-10-26(42)46/h3-11,16,21,23,27,33,43,45-47,52H,12-15,39H2,1-2H3,(H,41,51)/b40-32+/t16-,21-,23-,27-,33+,38-/m0/s1. The number of aromatic hydroxyl groups is 2. The topological polar surface area (TPSA) is 270 Å². The van der Waals surface area contributed by atoms with E-state index >= 15 is 0 Å². The third-order valence-electron chi connectivity index (χ3n) is 10.3. The number of methoxy groups -OCH3 is 1. The van der Waals surface area contributed by atoms with Gasteiger partial charge in [-0.15, -0.1) is 0 Å². The third-order valence-corrected chi connectivity index (χ3v) is 10.3. The van der Waals surface area contributed by atoms with Gasteiger partial charge in [0, 0.05) is 59.5 Å². The molecule has 55 heavy (non-hydrogen) atoms. The summed E-state index contributed by atoms with van der Waals surface area (Å²) in [6.07, 6.45) is -5.96. The predicted molar refractivity (Wildman–Crippen MR) is 191 cm³/mol. The number of nitrogens with two attached hydrogens (primary N) is 1. The molecule has 1 aromatic heterocycles. The fraction of sp³-hybridized carbons (Fsp3) is 0.316. The molecule has 6 atom stereocenters. The summed E-state index contributed by atoms with van der Waals surface area (Å²) < 4.78 is 18.5. The van der Waals surface area contributed by atoms with E-state index in [-0.39, 0.29) is 56.9 Å². The van der Waals surface area contributed by atoms with Crippen LogP contribution < -0.4 is 37.5 Å². The summed E-state index contributed by atoms with van der Waals surface area (Å²) in [6, 6.07) is 11.8. The van der Waals surface area contributed by atoms with E-state index in [9.17, 15) is 49.5 Å². The average molecular weight is 757 g/mol. The number of amides is 1. The Morgan fingerprint density at radius 3 is 2.42 bits per heavy atom. The number of aliphatic hydroxyl groups is 3. The molecule has 1 saturated heterocycles. The van der Waals surface area contributed by atoms with E-state index < -0.39 is 99.7 Å². The smallest absolute Gasteiger partial charge is 0.271 e. The number of benzene rings is 2. The summed E-state index contributed by atoms with van der Waals surface area (Å²) in [6.45, 7) is 0.443. The lowest BCUT2D eigenvalue weighted by Crippen LogP contribution is -2.54. The van der Waals surface area contributed by atoms with E-state index in [4.69, 9.17) is 19.9 Å². The van der Waals surface area contributed by atoms with Crippen LogP contribution in [0.25, 0.3) is 16.5 Å². The molecule has 2 heterocycles. The first-order valence-electron chi connectivity index (χ1n) is 17.2. The monoisotopic (exact) mass is 756 g/mol. The number of rotatable bonds is 8. The van der Waals surface area contributed by atoms with Gasteiger partial charge in [-0.2, -0.15) is 5.10 Å². The van der Waals surface area contributed by atoms with Crippen molar-refractivity contribution in [1.29, 1.82) is 0 Å². The number of nitrogens with zero attached hydrogens (tertiary/aromatic N) is 2. The van der Waals surface area contributed by atoms with Crippen molar-refractivity contribution in [3.05, 3.63) is 118 Å². The molecule has 0 saturated carbocycles. The Morgan fingerprint density at radius 1 is 1.04 bits per heavy atom. The minimum Gasteiger partial charge on any atom is -0.496 e. The zero-order chi connectivity index (χ0) is 39.5. The normalized spacial score (nSPS) is 24.2. The number of hydrogen-bond donors (Lipinski definition) is 7. The van der Waals surface area contributed by atoms with Crippen LogP contribution >= 0.6 is 0 Å². The van der Waals surface area contributed by atoms with Gasteiger partial charge in [-0.05, 0) is 31.2 Å². The SMILES string of the molecule is COc1cccc2c(=O)c3c(=O)c4c(c(=O)c=3/c(=N/NC(=O)c3cccc(-n5c(O)ccc5O)c3)c12)[C@@H](O[C@H]1C[C@H](N)[C@H](O)[C@H](C)O1)C[C@](O)(C(=O)CO)C4. The number of ether oxygens (including phenoxy) is 3. The van der Waals surface area contributed by atoms with Gasteiger partial charge >= 0.3 is 0 Å². The Bertz CT molecular complexity index is 2640. The quantitative estimate of drug-likeness (QED) is 0.0946. The highest BCUT2D eigenvalue weighted by molar-refractivity contribution is 5.95. The molecule has 4 aliphatic rings. The van der Waals surface area contributed by atoms with E-state index in [1.807, 2.05) is 0 Å². The molecule has 3 aromatic rings. The first-order chi connectivity index (χ1) is 26.2. The predicted octanol–water partition coefficient (Wildman–Crippen LogP) is -0.904. The van der Waals surface area contributed by atoms with Gasteiger partial charge in [-0.25, -0.2) is 5.43 Å². The van der Waals surface area contributed by atoms with Gasteiger partial charge in [-0.3, -0.25) is 28.5 Å². The second-order valence-corrected chi connectivity index (χ2v) is 13.6. The Kier molecular flexibility index (Phi) is 9.62. The van der Waals surface area contributed by atoms with E-state index in [0.29, 0.717) is 0 Å². The second-order valence-electron chi connectivity index (χ2n) is 13.6. The fourth-order valence-corrected chi connectivity index (χ4v) is 7.48. The molecule has 0 bridgehead atoms. The highest BCUT2D eigenvalue weighted by Crippen LogP contribution is 2.38. The van der Waals surface area contributed by atoms with Crippen LogP contribution in [-0.2, 0) is 20.7 Å². The summed E-state index contributed by atoms with van der Waals surface area (Å²) in [5, 5.41) is 54.7. The lowest BCUT2D eigenvalue weighted by molar-refractivity contribution is -0.247. The maximum absolute atomic E-state index is 14.8. The van der Waals surface area contributed by atoms with Crippen LogP contribution in [0.3, 0.4) is 0 Å². The van der Waals surface area contributed by atoms with Crippen LogP contribution in [-0.4, -0.2) is 85.6 Å². The number of Topliss-reactive ketones (excluding diaryl/α,β-unsaturated/α-hetero) is 1. The molecule has 8 N–H and O–H groups in total. The van der Waals surface area contributed by atoms with Gasteiger partial charge in [0.15, 0.2) is 40.1 Å². The summed E-state index contributed by atoms with van der Waals surface area (Å²) in [4.78, 5) is 70.0. The number of nitrogens with one attached hydrogen (secondary N) is 1. The largest absolute Gasteiger partial charge is 0.496 e. The van der Waals surface area contributed by atoms with E-state index in [1.54, 1.807) is 6.92 Å². The van der Waals surface area contributed by atoms with Gasteiger partial charge in [0.1, 0.15) is 23.3 Å². The van der Waals surface area contributed by atoms with Gasteiger partial charge in [0.05, 0.1) is 46.9 Å². The van der Waals surface area contributed by atoms with Crippen LogP contribution in [0.4, 0.5) is 0 Å². The van der Waals surface area contributed by atoms with Crippen molar-refractivity contribution < 1.29 is 49.3 Å². The van der Waals surface area contributed by atoms with Crippen LogP contribution in [0.15, 0.2) is 74.1 Å². The van der Waals surface area contributed by atoms with Gasteiger partial charge in [-0.1, -0.05) is 18.2 Å². The van der Waals surface area contributed by atoms with Crippen molar-refractivity contribution in [3.8, 4) is 23.2 Å². The molecular formula is C38H36N4O13. The minimum absolute atomic E-state index is 0.00495. The number of carbonyl (C=O) groups is 2. The lowest BCUT2D eigenvalue weighted by atomic mass is 9.75. The van der Waals surface area contributed by atoms with Gasteiger partial charge in [0.25, 0.3) is 5.91 Å². The van der Waals surface area contributed by atoms with E-state index in [2.05, 4.69) is 10.5 Å². The van der Waals surface area contributed by atoms with Gasteiger partial charge in [0.2, 0.25) is 0 Å². The van der Waals surface area contributed by atoms with Crippen molar-refractivity contribution >= 4 is 22.5 Å². The third kappa shape index (κ3) is 6.25. The molecule has 0 unspecified atom stereocenters.